The molecule has 0 aromatic heterocycles. The Kier molecular flexibility index (Phi) is 47.6. The summed E-state index contributed by atoms with van der Waals surface area (Å²) in [6.45, 7) is 5.56. The summed E-state index contributed by atoms with van der Waals surface area (Å²) in [5.41, 5.74) is 0. The van der Waals surface area contributed by atoms with Crippen molar-refractivity contribution >= 4 is 11.9 Å². The normalized spacial score (nSPS) is 19.9. The van der Waals surface area contributed by atoms with Gasteiger partial charge in [-0.05, 0) is 70.6 Å². The largest absolute Gasteiger partial charge is 0.454 e. The number of carbonyl (C=O) groups is 2. The summed E-state index contributed by atoms with van der Waals surface area (Å²) in [5.74, 6) is -1.28. The molecule has 0 spiro atoms. The van der Waals surface area contributed by atoms with E-state index in [1.54, 1.807) is 6.08 Å². The van der Waals surface area contributed by atoms with Gasteiger partial charge in [0, 0.05) is 6.42 Å². The van der Waals surface area contributed by atoms with E-state index in [1.165, 1.54) is 122 Å². The van der Waals surface area contributed by atoms with Crippen molar-refractivity contribution < 1.29 is 49.3 Å². The Hall–Kier alpha value is -3.42. The van der Waals surface area contributed by atoms with Gasteiger partial charge in [0.25, 0.3) is 0 Å². The van der Waals surface area contributed by atoms with Crippen molar-refractivity contribution in [2.75, 3.05) is 13.2 Å². The summed E-state index contributed by atoms with van der Waals surface area (Å²) in [5, 5.41) is 56.8. The topological polar surface area (TPSA) is 175 Å². The first kappa shape index (κ1) is 69.6. The second-order valence-corrected chi connectivity index (χ2v) is 20.5. The van der Waals surface area contributed by atoms with Crippen molar-refractivity contribution in [1.29, 1.82) is 0 Å². The van der Waals surface area contributed by atoms with Crippen molar-refractivity contribution in [2.45, 2.75) is 282 Å². The van der Waals surface area contributed by atoms with Gasteiger partial charge in [0.15, 0.2) is 12.4 Å². The van der Waals surface area contributed by atoms with E-state index in [0.717, 1.165) is 64.2 Å². The van der Waals surface area contributed by atoms with Crippen molar-refractivity contribution in [3.05, 3.63) is 97.2 Å². The molecule has 8 unspecified atom stereocenters. The van der Waals surface area contributed by atoms with Gasteiger partial charge in [-0.3, -0.25) is 9.59 Å². The van der Waals surface area contributed by atoms with Gasteiger partial charge >= 0.3 is 5.97 Å². The summed E-state index contributed by atoms with van der Waals surface area (Å²) < 4.78 is 17.6. The van der Waals surface area contributed by atoms with E-state index >= 15 is 0 Å². The molecule has 1 fully saturated rings. The van der Waals surface area contributed by atoms with Gasteiger partial charge in [-0.15, -0.1) is 0 Å². The molecule has 430 valence electrons. The van der Waals surface area contributed by atoms with E-state index in [-0.39, 0.29) is 19.4 Å². The SMILES string of the molecule is CC/C=C/C=C/C=C\C=C/C=C/CCC(O)C(=O)NC(COC1OC(CO)C(O)C(O)C1OC(=O)CCCCCCCCCCCCC/C=C\C/C=C\CCCCC)C(O)/C=C/CCCCCCCCCCCCC. The van der Waals surface area contributed by atoms with Crippen molar-refractivity contribution in [2.24, 2.45) is 0 Å². The molecule has 0 radical (unpaired) electrons. The Morgan fingerprint density at radius 1 is 0.547 bits per heavy atom. The fourth-order valence-corrected chi connectivity index (χ4v) is 8.83. The Bertz CT molecular complexity index is 1580. The molecule has 1 heterocycles. The average molecular weight is 1050 g/mol. The number of esters is 1. The van der Waals surface area contributed by atoms with Crippen LogP contribution in [0, 0.1) is 0 Å². The maximum Gasteiger partial charge on any atom is 0.306 e. The maximum absolute atomic E-state index is 13.3. The maximum atomic E-state index is 13.3. The van der Waals surface area contributed by atoms with Gasteiger partial charge in [-0.1, -0.05) is 253 Å². The third kappa shape index (κ3) is 39.6. The van der Waals surface area contributed by atoms with Crippen LogP contribution in [0.4, 0.5) is 0 Å². The molecule has 0 saturated carbocycles. The second kappa shape index (κ2) is 51.3. The first-order valence-corrected chi connectivity index (χ1v) is 30.1. The molecule has 6 N–H and O–H groups in total. The lowest BCUT2D eigenvalue weighted by Gasteiger charge is -2.41. The van der Waals surface area contributed by atoms with E-state index in [0.29, 0.717) is 12.8 Å². The number of rotatable bonds is 49. The monoisotopic (exact) mass is 1050 g/mol. The Morgan fingerprint density at radius 2 is 1.01 bits per heavy atom. The number of aliphatic hydroxyl groups is 5. The van der Waals surface area contributed by atoms with Crippen LogP contribution in [-0.2, 0) is 23.8 Å². The zero-order chi connectivity index (χ0) is 54.7. The number of amides is 1. The van der Waals surface area contributed by atoms with Crippen molar-refractivity contribution in [1.82, 2.24) is 5.32 Å². The van der Waals surface area contributed by atoms with Crippen LogP contribution in [0.5, 0.6) is 0 Å². The third-order valence-corrected chi connectivity index (χ3v) is 13.6. The number of nitrogens with one attached hydrogen (secondary N) is 1. The number of carbonyl (C=O) groups excluding carboxylic acids is 2. The summed E-state index contributed by atoms with van der Waals surface area (Å²) in [4.78, 5) is 26.5. The molecule has 1 rings (SSSR count). The van der Waals surface area contributed by atoms with Crippen LogP contribution in [0.1, 0.15) is 233 Å². The average Bonchev–Trinajstić information content (AvgIpc) is 3.41. The zero-order valence-electron chi connectivity index (χ0n) is 47.4. The highest BCUT2D eigenvalue weighted by Crippen LogP contribution is 2.26. The molecule has 11 nitrogen and oxygen atoms in total. The van der Waals surface area contributed by atoms with Gasteiger partial charge in [0.2, 0.25) is 5.91 Å². The van der Waals surface area contributed by atoms with Crippen molar-refractivity contribution in [3.8, 4) is 0 Å². The standard InChI is InChI=1S/C64H109NO10/c1-4-7-10-13-16-19-22-25-26-27-28-29-30-31-32-34-37-40-43-46-49-52-59(69)75-62-61(71)60(70)58(53-66)74-64(62)73-54-55(56(67)50-47-44-41-38-36-33-23-20-17-14-11-8-5-2)65-63(72)57(68)51-48-45-42-39-35-24-21-18-15-12-9-6-3/h9,12,15-16,18-19,21,24-26,35,39,42,45,47,50,55-58,60-62,64,66-68,70-71H,4-8,10-11,13-14,17,20,22-23,27-34,36-38,40-41,43-44,46,48-49,51-54H2,1-3H3,(H,65,72)/b12-9+,18-15+,19-16-,24-21-,26-25-,39-35-,45-42+,50-47+. The summed E-state index contributed by atoms with van der Waals surface area (Å²) in [7, 11) is 0. The van der Waals surface area contributed by atoms with E-state index in [9.17, 15) is 35.1 Å². The minimum Gasteiger partial charge on any atom is -0.454 e. The minimum absolute atomic E-state index is 0.108. The molecule has 1 amide bonds. The van der Waals surface area contributed by atoms with Crippen LogP contribution in [0.3, 0.4) is 0 Å². The van der Waals surface area contributed by atoms with Crippen LogP contribution in [0.2, 0.25) is 0 Å². The fourth-order valence-electron chi connectivity index (χ4n) is 8.83. The smallest absolute Gasteiger partial charge is 0.306 e. The molecule has 0 aromatic carbocycles. The molecular weight excluding hydrogens is 943 g/mol. The molecule has 75 heavy (non-hydrogen) atoms. The number of aliphatic hydroxyl groups excluding tert-OH is 5. The van der Waals surface area contributed by atoms with E-state index in [1.807, 2.05) is 60.8 Å². The minimum atomic E-state index is -1.63. The van der Waals surface area contributed by atoms with Gasteiger partial charge in [-0.25, -0.2) is 0 Å². The Labute approximate surface area is 456 Å². The quantitative estimate of drug-likeness (QED) is 0.0149. The van der Waals surface area contributed by atoms with Gasteiger partial charge < -0.3 is 45.1 Å². The first-order valence-electron chi connectivity index (χ1n) is 30.1. The van der Waals surface area contributed by atoms with Gasteiger partial charge in [-0.2, -0.15) is 0 Å². The molecule has 0 aliphatic carbocycles. The van der Waals surface area contributed by atoms with E-state index in [4.69, 9.17) is 14.2 Å². The van der Waals surface area contributed by atoms with Crippen LogP contribution >= 0.6 is 0 Å². The third-order valence-electron chi connectivity index (χ3n) is 13.6. The highest BCUT2D eigenvalue weighted by atomic mass is 16.7. The van der Waals surface area contributed by atoms with Gasteiger partial charge in [0.1, 0.15) is 24.4 Å². The molecular formula is C64H109NO10. The summed E-state index contributed by atoms with van der Waals surface area (Å²) >= 11 is 0. The Balaban J connectivity index is 2.70. The molecule has 0 aromatic rings. The number of allylic oxidation sites excluding steroid dienone is 15. The fraction of sp³-hybridized carbons (Fsp3) is 0.719. The lowest BCUT2D eigenvalue weighted by Crippen LogP contribution is -2.61. The number of unbranched alkanes of at least 4 members (excludes halogenated alkanes) is 25. The van der Waals surface area contributed by atoms with Crippen LogP contribution < -0.4 is 5.32 Å². The lowest BCUT2D eigenvalue weighted by molar-refractivity contribution is -0.305. The highest BCUT2D eigenvalue weighted by Gasteiger charge is 2.47. The highest BCUT2D eigenvalue weighted by molar-refractivity contribution is 5.80. The number of hydrogen-bond donors (Lipinski definition) is 6. The van der Waals surface area contributed by atoms with E-state index in [2.05, 4.69) is 56.5 Å². The predicted octanol–water partition coefficient (Wildman–Crippen LogP) is 13.9. The molecule has 1 aliphatic rings. The summed E-state index contributed by atoms with van der Waals surface area (Å²) in [6, 6.07) is -1.07. The van der Waals surface area contributed by atoms with Crippen molar-refractivity contribution in [3.63, 3.8) is 0 Å². The predicted molar refractivity (Wildman–Crippen MR) is 310 cm³/mol. The Morgan fingerprint density at radius 3 is 1.55 bits per heavy atom. The summed E-state index contributed by atoms with van der Waals surface area (Å²) in [6.07, 6.45) is 57.5. The van der Waals surface area contributed by atoms with Crippen LogP contribution in [0.15, 0.2) is 97.2 Å². The van der Waals surface area contributed by atoms with E-state index < -0.39 is 67.4 Å². The van der Waals surface area contributed by atoms with Crippen LogP contribution in [-0.4, -0.2) is 99.6 Å². The first-order chi connectivity index (χ1) is 36.7. The number of hydrogen-bond acceptors (Lipinski definition) is 10. The molecule has 1 aliphatic heterocycles. The van der Waals surface area contributed by atoms with Crippen LogP contribution in [0.25, 0.3) is 0 Å². The molecule has 1 saturated heterocycles. The molecule has 8 atom stereocenters. The number of ether oxygens (including phenoxy) is 3. The zero-order valence-corrected chi connectivity index (χ0v) is 47.4. The lowest BCUT2D eigenvalue weighted by atomic mass is 9.99. The molecule has 0 bridgehead atoms. The van der Waals surface area contributed by atoms with Gasteiger partial charge in [0.05, 0.1) is 25.4 Å². The molecule has 11 heteroatoms. The second-order valence-electron chi connectivity index (χ2n) is 20.5.